The van der Waals surface area contributed by atoms with Gasteiger partial charge in [-0.25, -0.2) is 4.98 Å². The maximum Gasteiger partial charge on any atom is 2.00 e. The van der Waals surface area contributed by atoms with Crippen LogP contribution in [-0.4, -0.2) is 19.3 Å². The van der Waals surface area contributed by atoms with Crippen LogP contribution in [0, 0.1) is 32.9 Å². The van der Waals surface area contributed by atoms with E-state index in [1.165, 1.54) is 44.6 Å². The van der Waals surface area contributed by atoms with Gasteiger partial charge >= 0.3 is 20.4 Å². The number of benzene rings is 4. The molecule has 7 rings (SSSR count). The average molecular weight is 793 g/mol. The van der Waals surface area contributed by atoms with Crippen molar-refractivity contribution in [3.63, 3.8) is 0 Å². The van der Waals surface area contributed by atoms with Crippen molar-refractivity contribution in [1.82, 2.24) is 19.3 Å². The average Bonchev–Trinajstić information content (AvgIpc) is 3.63. The summed E-state index contributed by atoms with van der Waals surface area (Å²) in [5.41, 5.74) is 14.2. The Bertz CT molecular complexity index is 2390. The molecule has 0 aliphatic rings. The van der Waals surface area contributed by atoms with E-state index in [0.717, 1.165) is 64.7 Å². The largest absolute Gasteiger partial charge is 2.00 e. The Morgan fingerprint density at radius 1 is 0.717 bits per heavy atom. The van der Waals surface area contributed by atoms with E-state index in [2.05, 4.69) is 150 Å². The second kappa shape index (κ2) is 15.9. The van der Waals surface area contributed by atoms with Crippen LogP contribution in [-0.2, 0) is 33.3 Å². The van der Waals surface area contributed by atoms with Crippen LogP contribution >= 0.6 is 0 Å². The fourth-order valence-corrected chi connectivity index (χ4v) is 7.70. The second-order valence-corrected chi connectivity index (χ2v) is 14.9. The van der Waals surface area contributed by atoms with E-state index < -0.39 is 0 Å². The first-order chi connectivity index (χ1) is 25.1. The van der Waals surface area contributed by atoms with Crippen molar-refractivity contribution in [1.29, 1.82) is 0 Å². The van der Waals surface area contributed by atoms with Gasteiger partial charge in [0.2, 0.25) is 0 Å². The molecule has 7 aromatic rings. The molecular formula is C47H50N4OPd. The fourth-order valence-electron chi connectivity index (χ4n) is 7.70. The molecule has 0 unspecified atom stereocenters. The number of pyridine rings is 1. The molecule has 3 aromatic heterocycles. The Balaban J connectivity index is 0.00000481. The number of aromatic nitrogens is 4. The van der Waals surface area contributed by atoms with Crippen molar-refractivity contribution in [3.8, 4) is 34.1 Å². The van der Waals surface area contributed by atoms with Crippen LogP contribution in [0.4, 0.5) is 0 Å². The summed E-state index contributed by atoms with van der Waals surface area (Å²) in [5.74, 6) is 2.83. The normalized spacial score (nSPS) is 11.6. The van der Waals surface area contributed by atoms with Crippen molar-refractivity contribution in [2.45, 2.75) is 99.8 Å². The summed E-state index contributed by atoms with van der Waals surface area (Å²) in [5, 5.41) is 7.63. The summed E-state index contributed by atoms with van der Waals surface area (Å²) < 4.78 is 11.1. The molecule has 0 atom stereocenters. The summed E-state index contributed by atoms with van der Waals surface area (Å²) in [6.07, 6.45) is 5.77. The fraction of sp³-hybridized carbons (Fsp3) is 0.319. The van der Waals surface area contributed by atoms with Crippen molar-refractivity contribution < 1.29 is 25.2 Å². The molecule has 3 heterocycles. The maximum absolute atomic E-state index is 6.72. The number of hydrogen-bond acceptors (Lipinski definition) is 3. The molecule has 0 fully saturated rings. The zero-order valence-electron chi connectivity index (χ0n) is 32.5. The predicted molar refractivity (Wildman–Crippen MR) is 216 cm³/mol. The van der Waals surface area contributed by atoms with Gasteiger partial charge in [-0.1, -0.05) is 95.8 Å². The number of ether oxygens (including phenoxy) is 1. The third-order valence-corrected chi connectivity index (χ3v) is 10.1. The Labute approximate surface area is 329 Å². The van der Waals surface area contributed by atoms with Gasteiger partial charge in [-0.3, -0.25) is 4.68 Å². The van der Waals surface area contributed by atoms with Crippen LogP contribution in [0.15, 0.2) is 79.0 Å². The third kappa shape index (κ3) is 7.37. The molecule has 5 nitrogen and oxygen atoms in total. The number of aryl methyl sites for hydroxylation is 4. The molecule has 0 aliphatic heterocycles. The Morgan fingerprint density at radius 3 is 2.13 bits per heavy atom. The van der Waals surface area contributed by atoms with E-state index in [-0.39, 0.29) is 26.3 Å². The minimum Gasteiger partial charge on any atom is -0.509 e. The predicted octanol–water partition coefficient (Wildman–Crippen LogP) is 12.5. The number of para-hydroxylation sites is 1. The van der Waals surface area contributed by atoms with Crippen molar-refractivity contribution >= 4 is 21.8 Å². The standard InChI is InChI=1S/C47H50N4O.Pd/c1-10-14-41-47(46-32(8)22-31(7)23-33(46)9)43(15-11-2)51(49-41)36-24-35(30(5)6)25-38(27-36)52-37-18-19-40-39-16-12-13-17-42(39)50(44(40)28-37)45-26-34(29(3)4)20-21-48-45;/h12-13,16-26,29-30H,10-11,14-15H2,1-9H3;/q-2;+2. The zero-order chi connectivity index (χ0) is 36.7. The van der Waals surface area contributed by atoms with Gasteiger partial charge in [-0.15, -0.1) is 41.3 Å². The number of hydrogen-bond donors (Lipinski definition) is 0. The van der Waals surface area contributed by atoms with Crippen LogP contribution < -0.4 is 4.74 Å². The molecule has 4 aromatic carbocycles. The van der Waals surface area contributed by atoms with E-state index >= 15 is 0 Å². The number of nitrogens with zero attached hydrogens (tertiary/aromatic N) is 4. The van der Waals surface area contributed by atoms with Gasteiger partial charge in [0.15, 0.2) is 0 Å². The quantitative estimate of drug-likeness (QED) is 0.0968. The minimum absolute atomic E-state index is 0. The summed E-state index contributed by atoms with van der Waals surface area (Å²) in [7, 11) is 0. The Kier molecular flexibility index (Phi) is 11.4. The zero-order valence-corrected chi connectivity index (χ0v) is 34.1. The van der Waals surface area contributed by atoms with E-state index in [1.807, 2.05) is 12.3 Å². The topological polar surface area (TPSA) is 44.9 Å². The summed E-state index contributed by atoms with van der Waals surface area (Å²) in [6, 6.07) is 33.2. The van der Waals surface area contributed by atoms with E-state index in [1.54, 1.807) is 0 Å². The van der Waals surface area contributed by atoms with Gasteiger partial charge in [0.05, 0.1) is 5.69 Å². The van der Waals surface area contributed by atoms with E-state index in [0.29, 0.717) is 17.4 Å². The molecule has 0 bridgehead atoms. The van der Waals surface area contributed by atoms with Crippen LogP contribution in [0.1, 0.15) is 105 Å². The van der Waals surface area contributed by atoms with Gasteiger partial charge < -0.3 is 9.30 Å². The molecular weight excluding hydrogens is 743 g/mol. The van der Waals surface area contributed by atoms with Crippen LogP contribution in [0.5, 0.6) is 11.5 Å². The molecule has 0 spiro atoms. The van der Waals surface area contributed by atoms with E-state index in [4.69, 9.17) is 14.8 Å². The van der Waals surface area contributed by atoms with Gasteiger partial charge in [-0.05, 0) is 97.0 Å². The summed E-state index contributed by atoms with van der Waals surface area (Å²) in [4.78, 5) is 4.82. The SMILES string of the molecule is CCCc1nn(-c2[c-]c(Oc3[c-]c4c(cc3)c3ccccc3n4-c3cc(C(C)C)ccn3)cc(C(C)C)c2)c(CCC)c1-c1c(C)cc(C)cc1C.[Pd+2]. The molecule has 0 N–H and O–H groups in total. The van der Waals surface area contributed by atoms with Gasteiger partial charge in [0, 0.05) is 34.5 Å². The molecule has 274 valence electrons. The summed E-state index contributed by atoms with van der Waals surface area (Å²) in [6.45, 7) is 20.0. The summed E-state index contributed by atoms with van der Waals surface area (Å²) >= 11 is 0. The minimum atomic E-state index is 0. The monoisotopic (exact) mass is 792 g/mol. The third-order valence-electron chi connectivity index (χ3n) is 10.1. The molecule has 53 heavy (non-hydrogen) atoms. The smallest absolute Gasteiger partial charge is 0.509 e. The number of rotatable bonds is 11. The Morgan fingerprint density at radius 2 is 1.43 bits per heavy atom. The number of fused-ring (bicyclic) bond motifs is 3. The molecule has 0 amide bonds. The molecule has 0 aliphatic carbocycles. The van der Waals surface area contributed by atoms with Crippen LogP contribution in [0.2, 0.25) is 0 Å². The van der Waals surface area contributed by atoms with Crippen LogP contribution in [0.3, 0.4) is 0 Å². The van der Waals surface area contributed by atoms with Crippen molar-refractivity contribution in [2.75, 3.05) is 0 Å². The van der Waals surface area contributed by atoms with Crippen LogP contribution in [0.25, 0.3) is 44.4 Å². The first-order valence-electron chi connectivity index (χ1n) is 18.9. The molecule has 0 saturated heterocycles. The first-order valence-corrected chi connectivity index (χ1v) is 18.9. The van der Waals surface area contributed by atoms with Gasteiger partial charge in [-0.2, -0.15) is 11.2 Å². The first kappa shape index (κ1) is 38.2. The van der Waals surface area contributed by atoms with Gasteiger partial charge in [0.25, 0.3) is 0 Å². The molecule has 0 saturated carbocycles. The Hall–Kier alpha value is -4.50. The van der Waals surface area contributed by atoms with Crippen molar-refractivity contribution in [3.05, 3.63) is 130 Å². The van der Waals surface area contributed by atoms with Crippen molar-refractivity contribution in [2.24, 2.45) is 0 Å². The molecule has 6 heteroatoms. The second-order valence-electron chi connectivity index (χ2n) is 14.9. The maximum atomic E-state index is 6.72. The van der Waals surface area contributed by atoms with E-state index in [9.17, 15) is 0 Å². The molecule has 0 radical (unpaired) electrons. The van der Waals surface area contributed by atoms with Gasteiger partial charge in [0.1, 0.15) is 5.82 Å².